The van der Waals surface area contributed by atoms with Crippen LogP contribution in [0.2, 0.25) is 0 Å². The fourth-order valence-corrected chi connectivity index (χ4v) is 3.42. The molecule has 3 atom stereocenters. The number of carboxylic acids is 1. The second kappa shape index (κ2) is 5.95. The molecular formula is C15H20BrNO2. The summed E-state index contributed by atoms with van der Waals surface area (Å²) in [5.74, 6) is 0.564. The van der Waals surface area contributed by atoms with Crippen molar-refractivity contribution in [1.29, 1.82) is 0 Å². The van der Waals surface area contributed by atoms with Gasteiger partial charge in [-0.1, -0.05) is 13.8 Å². The zero-order chi connectivity index (χ0) is 14.0. The van der Waals surface area contributed by atoms with Gasteiger partial charge >= 0.3 is 5.97 Å². The van der Waals surface area contributed by atoms with Gasteiger partial charge in [-0.05, 0) is 65.2 Å². The molecule has 0 bridgehead atoms. The van der Waals surface area contributed by atoms with Gasteiger partial charge in [-0.25, -0.2) is 4.79 Å². The van der Waals surface area contributed by atoms with Crippen LogP contribution in [0.5, 0.6) is 0 Å². The van der Waals surface area contributed by atoms with Gasteiger partial charge in [-0.3, -0.25) is 0 Å². The molecule has 1 aromatic carbocycles. The van der Waals surface area contributed by atoms with E-state index in [4.69, 9.17) is 5.11 Å². The van der Waals surface area contributed by atoms with Crippen LogP contribution in [0.15, 0.2) is 22.7 Å². The van der Waals surface area contributed by atoms with Crippen LogP contribution < -0.4 is 5.32 Å². The average Bonchev–Trinajstić information content (AvgIpc) is 2.32. The minimum absolute atomic E-state index is 0.302. The quantitative estimate of drug-likeness (QED) is 0.866. The van der Waals surface area contributed by atoms with Crippen molar-refractivity contribution in [1.82, 2.24) is 0 Å². The summed E-state index contributed by atoms with van der Waals surface area (Å²) < 4.78 is 0.627. The lowest BCUT2D eigenvalue weighted by molar-refractivity contribution is 0.0696. The van der Waals surface area contributed by atoms with E-state index < -0.39 is 5.97 Å². The van der Waals surface area contributed by atoms with Crippen LogP contribution in [0.25, 0.3) is 0 Å². The Bertz CT molecular complexity index is 475. The average molecular weight is 326 g/mol. The van der Waals surface area contributed by atoms with E-state index in [1.165, 1.54) is 19.3 Å². The van der Waals surface area contributed by atoms with Gasteiger partial charge in [0.1, 0.15) is 0 Å². The third-order valence-electron chi connectivity index (χ3n) is 3.98. The van der Waals surface area contributed by atoms with Gasteiger partial charge in [-0.15, -0.1) is 0 Å². The number of halogens is 1. The predicted molar refractivity (Wildman–Crippen MR) is 80.7 cm³/mol. The summed E-state index contributed by atoms with van der Waals surface area (Å²) in [4.78, 5) is 11.0. The lowest BCUT2D eigenvalue weighted by atomic mass is 9.80. The Hall–Kier alpha value is -1.03. The number of carboxylic acid groups (broad SMARTS) is 1. The van der Waals surface area contributed by atoms with Crippen molar-refractivity contribution in [2.45, 2.75) is 39.2 Å². The zero-order valence-corrected chi connectivity index (χ0v) is 12.9. The summed E-state index contributed by atoms with van der Waals surface area (Å²) in [5.41, 5.74) is 1.29. The summed E-state index contributed by atoms with van der Waals surface area (Å²) in [6.45, 7) is 4.60. The standard InChI is InChI=1S/C15H20BrNO2/c1-9-3-6-14(10(2)7-9)17-11-4-5-12(15(18)19)13(16)8-11/h4-5,8-10,14,17H,3,6-7H2,1-2H3,(H,18,19). The van der Waals surface area contributed by atoms with E-state index in [1.54, 1.807) is 6.07 Å². The fraction of sp³-hybridized carbons (Fsp3) is 0.533. The Morgan fingerprint density at radius 2 is 2.11 bits per heavy atom. The highest BCUT2D eigenvalue weighted by Crippen LogP contribution is 2.31. The molecule has 0 aliphatic heterocycles. The Labute approximate surface area is 122 Å². The van der Waals surface area contributed by atoms with Crippen molar-refractivity contribution >= 4 is 27.6 Å². The van der Waals surface area contributed by atoms with Crippen LogP contribution in [0, 0.1) is 11.8 Å². The molecule has 2 N–H and O–H groups in total. The first-order valence-electron chi connectivity index (χ1n) is 6.76. The summed E-state index contributed by atoms with van der Waals surface area (Å²) >= 11 is 3.32. The topological polar surface area (TPSA) is 49.3 Å². The molecule has 0 aromatic heterocycles. The van der Waals surface area contributed by atoms with Gasteiger partial charge in [0.05, 0.1) is 5.56 Å². The van der Waals surface area contributed by atoms with Gasteiger partial charge in [0.2, 0.25) is 0 Å². The number of hydrogen-bond acceptors (Lipinski definition) is 2. The number of benzene rings is 1. The normalized spacial score (nSPS) is 27.0. The second-order valence-electron chi connectivity index (χ2n) is 5.65. The van der Waals surface area contributed by atoms with Crippen molar-refractivity contribution in [2.24, 2.45) is 11.8 Å². The van der Waals surface area contributed by atoms with Crippen LogP contribution in [0.3, 0.4) is 0 Å². The van der Waals surface area contributed by atoms with E-state index in [-0.39, 0.29) is 0 Å². The van der Waals surface area contributed by atoms with Crippen LogP contribution in [-0.2, 0) is 0 Å². The maximum absolute atomic E-state index is 11.0. The van der Waals surface area contributed by atoms with Gasteiger partial charge in [0.25, 0.3) is 0 Å². The summed E-state index contributed by atoms with van der Waals surface area (Å²) in [7, 11) is 0. The van der Waals surface area contributed by atoms with E-state index in [9.17, 15) is 4.79 Å². The Kier molecular flexibility index (Phi) is 4.50. The molecule has 19 heavy (non-hydrogen) atoms. The largest absolute Gasteiger partial charge is 0.478 e. The third kappa shape index (κ3) is 3.50. The minimum Gasteiger partial charge on any atom is -0.478 e. The molecule has 0 radical (unpaired) electrons. The minimum atomic E-state index is -0.904. The molecular weight excluding hydrogens is 306 g/mol. The van der Waals surface area contributed by atoms with Crippen molar-refractivity contribution < 1.29 is 9.90 Å². The maximum Gasteiger partial charge on any atom is 0.336 e. The van der Waals surface area contributed by atoms with Gasteiger partial charge in [0, 0.05) is 16.2 Å². The van der Waals surface area contributed by atoms with Crippen molar-refractivity contribution in [3.05, 3.63) is 28.2 Å². The molecule has 1 aliphatic rings. The van der Waals surface area contributed by atoms with Crippen LogP contribution in [0.1, 0.15) is 43.5 Å². The predicted octanol–water partition coefficient (Wildman–Crippen LogP) is 4.38. The van der Waals surface area contributed by atoms with E-state index in [1.807, 2.05) is 12.1 Å². The molecule has 1 fully saturated rings. The Balaban J connectivity index is 2.07. The van der Waals surface area contributed by atoms with Gasteiger partial charge < -0.3 is 10.4 Å². The van der Waals surface area contributed by atoms with Crippen LogP contribution in [0.4, 0.5) is 5.69 Å². The van der Waals surface area contributed by atoms with Crippen molar-refractivity contribution in [3.8, 4) is 0 Å². The van der Waals surface area contributed by atoms with Crippen LogP contribution in [-0.4, -0.2) is 17.1 Å². The third-order valence-corrected chi connectivity index (χ3v) is 4.64. The van der Waals surface area contributed by atoms with E-state index in [0.717, 1.165) is 11.6 Å². The van der Waals surface area contributed by atoms with Crippen molar-refractivity contribution in [2.75, 3.05) is 5.32 Å². The number of hydrogen-bond donors (Lipinski definition) is 2. The Morgan fingerprint density at radius 1 is 1.37 bits per heavy atom. The lowest BCUT2D eigenvalue weighted by Gasteiger charge is -2.33. The fourth-order valence-electron chi connectivity index (χ4n) is 2.87. The summed E-state index contributed by atoms with van der Waals surface area (Å²) in [6.07, 6.45) is 3.70. The molecule has 0 saturated heterocycles. The molecule has 2 rings (SSSR count). The first-order chi connectivity index (χ1) is 8.97. The van der Waals surface area contributed by atoms with Gasteiger partial charge in [-0.2, -0.15) is 0 Å². The molecule has 4 heteroatoms. The summed E-state index contributed by atoms with van der Waals surface area (Å²) in [5, 5.41) is 12.5. The summed E-state index contributed by atoms with van der Waals surface area (Å²) in [6, 6.07) is 5.83. The number of aromatic carboxylic acids is 1. The molecule has 1 saturated carbocycles. The highest BCUT2D eigenvalue weighted by atomic mass is 79.9. The monoisotopic (exact) mass is 325 g/mol. The SMILES string of the molecule is CC1CCC(Nc2ccc(C(=O)O)c(Br)c2)C(C)C1. The molecule has 3 nitrogen and oxygen atoms in total. The molecule has 3 unspecified atom stereocenters. The Morgan fingerprint density at radius 3 is 2.68 bits per heavy atom. The lowest BCUT2D eigenvalue weighted by Crippen LogP contribution is -2.33. The number of rotatable bonds is 3. The zero-order valence-electron chi connectivity index (χ0n) is 11.3. The highest BCUT2D eigenvalue weighted by Gasteiger charge is 2.25. The molecule has 0 amide bonds. The van der Waals surface area contributed by atoms with E-state index >= 15 is 0 Å². The molecule has 0 spiro atoms. The van der Waals surface area contributed by atoms with Gasteiger partial charge in [0.15, 0.2) is 0 Å². The molecule has 1 aromatic rings. The first kappa shape index (κ1) is 14.4. The smallest absolute Gasteiger partial charge is 0.336 e. The second-order valence-corrected chi connectivity index (χ2v) is 6.50. The van der Waals surface area contributed by atoms with Crippen LogP contribution >= 0.6 is 15.9 Å². The first-order valence-corrected chi connectivity index (χ1v) is 7.56. The molecule has 1 aliphatic carbocycles. The van der Waals surface area contributed by atoms with Crippen molar-refractivity contribution in [3.63, 3.8) is 0 Å². The van der Waals surface area contributed by atoms with E-state index in [0.29, 0.717) is 22.0 Å². The van der Waals surface area contributed by atoms with E-state index in [2.05, 4.69) is 35.1 Å². The maximum atomic E-state index is 11.0. The molecule has 0 heterocycles. The number of carbonyl (C=O) groups is 1. The highest BCUT2D eigenvalue weighted by molar-refractivity contribution is 9.10. The number of nitrogens with one attached hydrogen (secondary N) is 1. The number of anilines is 1. The molecule has 104 valence electrons.